The smallest absolute Gasteiger partial charge is 0.357 e. The van der Waals surface area contributed by atoms with Crippen LogP contribution < -0.4 is 4.72 Å². The molecule has 0 bridgehead atoms. The van der Waals surface area contributed by atoms with Crippen LogP contribution in [-0.2, 0) is 10.0 Å². The van der Waals surface area contributed by atoms with E-state index < -0.39 is 27.7 Å². The molecule has 2 aromatic rings. The van der Waals surface area contributed by atoms with Gasteiger partial charge in [0.25, 0.3) is 0 Å². The summed E-state index contributed by atoms with van der Waals surface area (Å²) in [5.74, 6) is -1.41. The lowest BCUT2D eigenvalue weighted by Crippen LogP contribution is -2.28. The molecule has 8 nitrogen and oxygen atoms in total. The van der Waals surface area contributed by atoms with Gasteiger partial charge in [-0.05, 0) is 25.5 Å². The van der Waals surface area contributed by atoms with Crippen molar-refractivity contribution in [3.8, 4) is 0 Å². The van der Waals surface area contributed by atoms with Crippen molar-refractivity contribution in [2.45, 2.75) is 24.8 Å². The summed E-state index contributed by atoms with van der Waals surface area (Å²) in [4.78, 5) is 14.6. The van der Waals surface area contributed by atoms with Gasteiger partial charge in [0.05, 0.1) is 5.69 Å². The molecule has 2 aromatic heterocycles. The number of aromatic nitrogens is 3. The van der Waals surface area contributed by atoms with Gasteiger partial charge in [-0.15, -0.1) is 0 Å². The zero-order chi connectivity index (χ0) is 15.6. The number of nitrogens with zero attached hydrogens (tertiary/aromatic N) is 2. The fourth-order valence-corrected chi connectivity index (χ4v) is 3.44. The van der Waals surface area contributed by atoms with E-state index in [4.69, 9.17) is 5.11 Å². The van der Waals surface area contributed by atoms with E-state index in [1.54, 1.807) is 25.3 Å². The van der Waals surface area contributed by atoms with Crippen molar-refractivity contribution < 1.29 is 18.3 Å². The van der Waals surface area contributed by atoms with Crippen LogP contribution in [0.1, 0.15) is 34.7 Å². The number of hydrogen-bond donors (Lipinski definition) is 3. The largest absolute Gasteiger partial charge is 0.476 e. The van der Waals surface area contributed by atoms with Crippen molar-refractivity contribution in [3.05, 3.63) is 41.5 Å². The van der Waals surface area contributed by atoms with Crippen molar-refractivity contribution >= 4 is 16.0 Å². The Morgan fingerprint density at radius 1 is 1.48 bits per heavy atom. The maximum absolute atomic E-state index is 12.4. The summed E-state index contributed by atoms with van der Waals surface area (Å²) in [5.41, 5.74) is 0.302. The van der Waals surface area contributed by atoms with Crippen LogP contribution >= 0.6 is 0 Å². The van der Waals surface area contributed by atoms with E-state index in [1.165, 1.54) is 13.1 Å². The minimum atomic E-state index is -4.02. The van der Waals surface area contributed by atoms with Crippen LogP contribution in [0.3, 0.4) is 0 Å². The first-order chi connectivity index (χ1) is 9.83. The lowest BCUT2D eigenvalue weighted by Gasteiger charge is -2.14. The van der Waals surface area contributed by atoms with Gasteiger partial charge in [-0.3, -0.25) is 10.1 Å². The van der Waals surface area contributed by atoms with Gasteiger partial charge >= 0.3 is 5.97 Å². The highest BCUT2D eigenvalue weighted by molar-refractivity contribution is 7.89. The molecule has 112 valence electrons. The Bertz CT molecular complexity index is 755. The Hall–Kier alpha value is -2.26. The second-order valence-electron chi connectivity index (χ2n) is 4.46. The van der Waals surface area contributed by atoms with Gasteiger partial charge in [0.15, 0.2) is 5.69 Å². The molecule has 0 aromatic carbocycles. The zero-order valence-corrected chi connectivity index (χ0v) is 12.2. The lowest BCUT2D eigenvalue weighted by atomic mass is 10.2. The molecule has 21 heavy (non-hydrogen) atoms. The van der Waals surface area contributed by atoms with Crippen molar-refractivity contribution in [3.63, 3.8) is 0 Å². The summed E-state index contributed by atoms with van der Waals surface area (Å²) in [6.45, 7) is 3.09. The van der Waals surface area contributed by atoms with Crippen molar-refractivity contribution in [2.24, 2.45) is 0 Å². The summed E-state index contributed by atoms with van der Waals surface area (Å²) >= 11 is 0. The second kappa shape index (κ2) is 5.62. The molecule has 2 rings (SSSR count). The van der Waals surface area contributed by atoms with Gasteiger partial charge in [-0.1, -0.05) is 6.07 Å². The predicted octanol–water partition coefficient (Wildman–Crippen LogP) is 0.851. The Balaban J connectivity index is 2.36. The Morgan fingerprint density at radius 2 is 2.19 bits per heavy atom. The minimum absolute atomic E-state index is 0.165. The molecule has 0 saturated carbocycles. The number of aryl methyl sites for hydroxylation is 1. The molecule has 0 fully saturated rings. The van der Waals surface area contributed by atoms with E-state index in [9.17, 15) is 13.2 Å². The first kappa shape index (κ1) is 15.1. The number of H-pyrrole nitrogens is 1. The van der Waals surface area contributed by atoms with Crippen LogP contribution in [0.5, 0.6) is 0 Å². The van der Waals surface area contributed by atoms with Gasteiger partial charge < -0.3 is 5.11 Å². The first-order valence-corrected chi connectivity index (χ1v) is 7.51. The SMILES string of the molecule is Cc1[nH]nc(C(=O)O)c1S(=O)(=O)N[C@H](C)c1cccnc1. The highest BCUT2D eigenvalue weighted by Crippen LogP contribution is 2.21. The number of aromatic amines is 1. The minimum Gasteiger partial charge on any atom is -0.476 e. The molecule has 0 aliphatic heterocycles. The lowest BCUT2D eigenvalue weighted by molar-refractivity contribution is 0.0686. The van der Waals surface area contributed by atoms with Crippen molar-refractivity contribution in [1.29, 1.82) is 0 Å². The molecule has 0 aliphatic rings. The molecule has 0 amide bonds. The highest BCUT2D eigenvalue weighted by atomic mass is 32.2. The Morgan fingerprint density at radius 3 is 2.76 bits per heavy atom. The van der Waals surface area contributed by atoms with Gasteiger partial charge in [0, 0.05) is 18.4 Å². The molecule has 9 heteroatoms. The molecule has 0 unspecified atom stereocenters. The van der Waals surface area contributed by atoms with Crippen LogP contribution in [0.25, 0.3) is 0 Å². The molecule has 3 N–H and O–H groups in total. The molecular weight excluding hydrogens is 296 g/mol. The normalized spacial score (nSPS) is 13.0. The number of carboxylic acids is 1. The van der Waals surface area contributed by atoms with E-state index in [1.807, 2.05) is 0 Å². The van der Waals surface area contributed by atoms with Crippen molar-refractivity contribution in [2.75, 3.05) is 0 Å². The van der Waals surface area contributed by atoms with E-state index in [0.717, 1.165) is 0 Å². The number of sulfonamides is 1. The number of nitrogens with one attached hydrogen (secondary N) is 2. The van der Waals surface area contributed by atoms with Gasteiger partial charge in [0.1, 0.15) is 4.90 Å². The number of aromatic carboxylic acids is 1. The van der Waals surface area contributed by atoms with Crippen LogP contribution in [0.4, 0.5) is 0 Å². The number of pyridine rings is 1. The average molecular weight is 310 g/mol. The summed E-state index contributed by atoms with van der Waals surface area (Å²) in [6, 6.07) is 2.85. The van der Waals surface area contributed by atoms with Crippen LogP contribution in [0.15, 0.2) is 29.4 Å². The topological polar surface area (TPSA) is 125 Å². The molecule has 0 spiro atoms. The monoisotopic (exact) mass is 310 g/mol. The third-order valence-electron chi connectivity index (χ3n) is 2.88. The van der Waals surface area contributed by atoms with Crippen LogP contribution in [-0.4, -0.2) is 34.7 Å². The van der Waals surface area contributed by atoms with Crippen LogP contribution in [0.2, 0.25) is 0 Å². The zero-order valence-electron chi connectivity index (χ0n) is 11.4. The number of hydrogen-bond acceptors (Lipinski definition) is 5. The number of rotatable bonds is 5. The molecular formula is C12H14N4O4S. The quantitative estimate of drug-likeness (QED) is 0.752. The third-order valence-corrected chi connectivity index (χ3v) is 4.58. The van der Waals surface area contributed by atoms with E-state index in [0.29, 0.717) is 5.56 Å². The summed E-state index contributed by atoms with van der Waals surface area (Å²) in [7, 11) is -4.02. The average Bonchev–Trinajstić information content (AvgIpc) is 2.82. The molecule has 0 aliphatic carbocycles. The summed E-state index contributed by atoms with van der Waals surface area (Å²) in [5, 5.41) is 14.9. The van der Waals surface area contributed by atoms with Gasteiger partial charge in [-0.2, -0.15) is 5.10 Å². The third kappa shape index (κ3) is 3.09. The number of carboxylic acid groups (broad SMARTS) is 1. The molecule has 0 radical (unpaired) electrons. The second-order valence-corrected chi connectivity index (χ2v) is 6.11. The van der Waals surface area contributed by atoms with Crippen molar-refractivity contribution in [1.82, 2.24) is 19.9 Å². The Kier molecular flexibility index (Phi) is 4.05. The van der Waals surface area contributed by atoms with Gasteiger partial charge in [0.2, 0.25) is 10.0 Å². The molecule has 0 saturated heterocycles. The fourth-order valence-electron chi connectivity index (χ4n) is 1.88. The van der Waals surface area contributed by atoms with E-state index >= 15 is 0 Å². The molecule has 2 heterocycles. The summed E-state index contributed by atoms with van der Waals surface area (Å²) < 4.78 is 27.2. The maximum Gasteiger partial charge on any atom is 0.357 e. The molecule has 1 atom stereocenters. The van der Waals surface area contributed by atoms with E-state index in [-0.39, 0.29) is 10.6 Å². The Labute approximate surface area is 121 Å². The number of carbonyl (C=O) groups is 1. The predicted molar refractivity (Wildman–Crippen MR) is 73.3 cm³/mol. The standard InChI is InChI=1S/C12H14N4O4S/c1-7(9-4-3-5-13-6-9)16-21(19,20)11-8(2)14-15-10(11)12(17)18/h3-7,16H,1-2H3,(H,14,15)(H,17,18)/t7-/m1/s1. The highest BCUT2D eigenvalue weighted by Gasteiger charge is 2.29. The van der Waals surface area contributed by atoms with Crippen LogP contribution in [0, 0.1) is 6.92 Å². The van der Waals surface area contributed by atoms with E-state index in [2.05, 4.69) is 19.9 Å². The summed E-state index contributed by atoms with van der Waals surface area (Å²) in [6.07, 6.45) is 3.11. The first-order valence-electron chi connectivity index (χ1n) is 6.03. The fraction of sp³-hybridized carbons (Fsp3) is 0.250. The maximum atomic E-state index is 12.4. The van der Waals surface area contributed by atoms with Gasteiger partial charge in [-0.25, -0.2) is 17.9 Å².